The molecule has 1 fully saturated rings. The first-order valence-corrected chi connectivity index (χ1v) is 4.73. The smallest absolute Gasteiger partial charge is 0.244 e. The molecule has 0 aromatic heterocycles. The molecule has 1 amide bonds. The molecule has 0 unspecified atom stereocenters. The average molecular weight is 165 g/mol. The Bertz CT molecular complexity index is 238. The topological polar surface area (TPSA) is 43.1 Å². The Balaban J connectivity index is 2.18. The number of carbonyl (C=O) groups excluding carboxylic acids is 1. The SMILES string of the molecule is NC(=O)C1=CC2(CCC1)CCC2. The van der Waals surface area contributed by atoms with Crippen molar-refractivity contribution >= 4 is 5.91 Å². The predicted octanol–water partition coefficient (Wildman–Crippen LogP) is 1.75. The lowest BCUT2D eigenvalue weighted by molar-refractivity contribution is -0.115. The van der Waals surface area contributed by atoms with Crippen molar-refractivity contribution in [3.63, 3.8) is 0 Å². The fourth-order valence-corrected chi connectivity index (χ4v) is 2.36. The first-order valence-electron chi connectivity index (χ1n) is 4.73. The van der Waals surface area contributed by atoms with Gasteiger partial charge in [-0.1, -0.05) is 12.5 Å². The highest BCUT2D eigenvalue weighted by atomic mass is 16.1. The Morgan fingerprint density at radius 2 is 2.00 bits per heavy atom. The van der Waals surface area contributed by atoms with Gasteiger partial charge in [-0.2, -0.15) is 0 Å². The van der Waals surface area contributed by atoms with Crippen LogP contribution in [0.15, 0.2) is 11.6 Å². The van der Waals surface area contributed by atoms with Gasteiger partial charge in [0.1, 0.15) is 0 Å². The first kappa shape index (κ1) is 7.84. The van der Waals surface area contributed by atoms with E-state index in [2.05, 4.69) is 6.08 Å². The number of allylic oxidation sites excluding steroid dienone is 1. The molecule has 0 bridgehead atoms. The van der Waals surface area contributed by atoms with Gasteiger partial charge in [0.25, 0.3) is 0 Å². The molecule has 2 rings (SSSR count). The molecule has 0 saturated heterocycles. The van der Waals surface area contributed by atoms with Crippen molar-refractivity contribution in [1.82, 2.24) is 0 Å². The van der Waals surface area contributed by atoms with Crippen molar-refractivity contribution in [3.05, 3.63) is 11.6 Å². The minimum Gasteiger partial charge on any atom is -0.366 e. The van der Waals surface area contributed by atoms with Crippen molar-refractivity contribution in [2.24, 2.45) is 11.1 Å². The quantitative estimate of drug-likeness (QED) is 0.632. The molecule has 2 heteroatoms. The second-order valence-corrected chi connectivity index (χ2v) is 4.10. The Morgan fingerprint density at radius 3 is 2.50 bits per heavy atom. The summed E-state index contributed by atoms with van der Waals surface area (Å²) in [5.74, 6) is -0.207. The van der Waals surface area contributed by atoms with Crippen LogP contribution in [0.25, 0.3) is 0 Å². The van der Waals surface area contributed by atoms with Crippen LogP contribution in [0.5, 0.6) is 0 Å². The van der Waals surface area contributed by atoms with Crippen molar-refractivity contribution < 1.29 is 4.79 Å². The summed E-state index contributed by atoms with van der Waals surface area (Å²) in [5.41, 5.74) is 6.53. The van der Waals surface area contributed by atoms with Crippen LogP contribution in [0.3, 0.4) is 0 Å². The van der Waals surface area contributed by atoms with Gasteiger partial charge in [0, 0.05) is 5.57 Å². The summed E-state index contributed by atoms with van der Waals surface area (Å²) in [6.45, 7) is 0. The normalized spacial score (nSPS) is 26.2. The standard InChI is InChI=1S/C10H15NO/c11-9(12)8-3-1-4-10(7-8)5-2-6-10/h7H,1-6H2,(H2,11,12). The number of primary amides is 1. The Hall–Kier alpha value is -0.790. The van der Waals surface area contributed by atoms with Crippen LogP contribution in [0.2, 0.25) is 0 Å². The number of amides is 1. The summed E-state index contributed by atoms with van der Waals surface area (Å²) in [6, 6.07) is 0. The van der Waals surface area contributed by atoms with E-state index in [9.17, 15) is 4.79 Å². The van der Waals surface area contributed by atoms with Crippen LogP contribution in [0.4, 0.5) is 0 Å². The molecule has 0 aliphatic heterocycles. The number of hydrogen-bond donors (Lipinski definition) is 1. The van der Waals surface area contributed by atoms with E-state index in [1.807, 2.05) is 0 Å². The number of carbonyl (C=O) groups is 1. The molecule has 0 atom stereocenters. The summed E-state index contributed by atoms with van der Waals surface area (Å²) in [6.07, 6.45) is 9.33. The van der Waals surface area contributed by atoms with Crippen LogP contribution >= 0.6 is 0 Å². The highest BCUT2D eigenvalue weighted by Gasteiger charge is 2.37. The maximum atomic E-state index is 10.9. The zero-order chi connectivity index (χ0) is 8.60. The van der Waals surface area contributed by atoms with E-state index in [-0.39, 0.29) is 5.91 Å². The van der Waals surface area contributed by atoms with Gasteiger partial charge in [0.2, 0.25) is 5.91 Å². The molecular weight excluding hydrogens is 150 g/mol. The van der Waals surface area contributed by atoms with E-state index in [0.717, 1.165) is 18.4 Å². The molecule has 0 aromatic rings. The van der Waals surface area contributed by atoms with Crippen molar-refractivity contribution in [3.8, 4) is 0 Å². The number of nitrogens with two attached hydrogens (primary N) is 1. The third kappa shape index (κ3) is 1.15. The van der Waals surface area contributed by atoms with Crippen molar-refractivity contribution in [2.45, 2.75) is 38.5 Å². The molecule has 2 N–H and O–H groups in total. The first-order chi connectivity index (χ1) is 5.72. The number of rotatable bonds is 1. The monoisotopic (exact) mass is 165 g/mol. The van der Waals surface area contributed by atoms with Crippen molar-refractivity contribution in [1.29, 1.82) is 0 Å². The van der Waals surface area contributed by atoms with Gasteiger partial charge in [0.15, 0.2) is 0 Å². The minimum atomic E-state index is -0.207. The molecule has 0 aromatic carbocycles. The maximum absolute atomic E-state index is 10.9. The molecule has 1 spiro atoms. The van der Waals surface area contributed by atoms with Crippen LogP contribution in [0, 0.1) is 5.41 Å². The summed E-state index contributed by atoms with van der Waals surface area (Å²) in [5, 5.41) is 0. The van der Waals surface area contributed by atoms with Crippen LogP contribution in [0.1, 0.15) is 38.5 Å². The zero-order valence-electron chi connectivity index (χ0n) is 7.31. The van der Waals surface area contributed by atoms with E-state index in [1.54, 1.807) is 0 Å². The molecule has 12 heavy (non-hydrogen) atoms. The third-order valence-electron chi connectivity index (χ3n) is 3.27. The van der Waals surface area contributed by atoms with Gasteiger partial charge >= 0.3 is 0 Å². The molecular formula is C10H15NO. The lowest BCUT2D eigenvalue weighted by atomic mass is 9.63. The minimum absolute atomic E-state index is 0.207. The van der Waals surface area contributed by atoms with Gasteiger partial charge < -0.3 is 5.73 Å². The van der Waals surface area contributed by atoms with Crippen LogP contribution in [-0.2, 0) is 4.79 Å². The number of hydrogen-bond acceptors (Lipinski definition) is 1. The predicted molar refractivity (Wildman–Crippen MR) is 47.4 cm³/mol. The van der Waals surface area contributed by atoms with E-state index < -0.39 is 0 Å². The lowest BCUT2D eigenvalue weighted by Crippen LogP contribution is -2.31. The molecule has 66 valence electrons. The van der Waals surface area contributed by atoms with Crippen LogP contribution < -0.4 is 5.73 Å². The average Bonchev–Trinajstić information content (AvgIpc) is 2.02. The lowest BCUT2D eigenvalue weighted by Gasteiger charge is -2.42. The van der Waals surface area contributed by atoms with E-state index in [1.165, 1.54) is 25.7 Å². The van der Waals surface area contributed by atoms with Crippen molar-refractivity contribution in [2.75, 3.05) is 0 Å². The van der Waals surface area contributed by atoms with E-state index >= 15 is 0 Å². The Labute approximate surface area is 72.8 Å². The molecule has 0 radical (unpaired) electrons. The molecule has 2 aliphatic rings. The van der Waals surface area contributed by atoms with Gasteiger partial charge in [-0.05, 0) is 37.5 Å². The highest BCUT2D eigenvalue weighted by molar-refractivity contribution is 5.92. The Kier molecular flexibility index (Phi) is 1.71. The Morgan fingerprint density at radius 1 is 1.33 bits per heavy atom. The maximum Gasteiger partial charge on any atom is 0.244 e. The van der Waals surface area contributed by atoms with Gasteiger partial charge in [0.05, 0.1) is 0 Å². The molecule has 0 heterocycles. The summed E-state index contributed by atoms with van der Waals surface area (Å²) >= 11 is 0. The van der Waals surface area contributed by atoms with Gasteiger partial charge in [-0.3, -0.25) is 4.79 Å². The fourth-order valence-electron chi connectivity index (χ4n) is 2.36. The summed E-state index contributed by atoms with van der Waals surface area (Å²) in [4.78, 5) is 10.9. The molecule has 2 aliphatic carbocycles. The highest BCUT2D eigenvalue weighted by Crippen LogP contribution is 2.49. The van der Waals surface area contributed by atoms with Gasteiger partial charge in [-0.15, -0.1) is 0 Å². The second-order valence-electron chi connectivity index (χ2n) is 4.10. The van der Waals surface area contributed by atoms with E-state index in [0.29, 0.717) is 5.41 Å². The third-order valence-corrected chi connectivity index (χ3v) is 3.27. The van der Waals surface area contributed by atoms with Crippen LogP contribution in [-0.4, -0.2) is 5.91 Å². The van der Waals surface area contributed by atoms with Gasteiger partial charge in [-0.25, -0.2) is 0 Å². The summed E-state index contributed by atoms with van der Waals surface area (Å²) in [7, 11) is 0. The molecule has 1 saturated carbocycles. The van der Waals surface area contributed by atoms with E-state index in [4.69, 9.17) is 5.73 Å². The summed E-state index contributed by atoms with van der Waals surface area (Å²) < 4.78 is 0. The second kappa shape index (κ2) is 2.61. The molecule has 2 nitrogen and oxygen atoms in total. The largest absolute Gasteiger partial charge is 0.366 e. The zero-order valence-corrected chi connectivity index (χ0v) is 7.31. The fraction of sp³-hybridized carbons (Fsp3) is 0.700.